The van der Waals surface area contributed by atoms with E-state index in [1.807, 2.05) is 14.1 Å². The van der Waals surface area contributed by atoms with E-state index in [4.69, 9.17) is 11.6 Å². The Morgan fingerprint density at radius 1 is 1.00 bits per heavy atom. The number of rotatable bonds is 11. The SMILES string of the molecule is CN(C)c1ccc(-n2cc(-c3cnc(C(=O)Nc4ccc(C(=O)N5CCN(C(=O)C6CC[N+](CC(=O)[O-])(CC7CNC7)CC6)CC5)c(Cl)c4)n3C)c(C(F)(F)F)n2)nc1. The fraction of sp³-hybridized carbons (Fsp3) is 0.462. The number of imidazole rings is 1. The van der Waals surface area contributed by atoms with Gasteiger partial charge < -0.3 is 44.3 Å². The molecular formula is C39H45ClF3N11O5. The van der Waals surface area contributed by atoms with Gasteiger partial charge in [0, 0.05) is 97.0 Å². The molecule has 3 amide bonds. The lowest BCUT2D eigenvalue weighted by Crippen LogP contribution is -2.63. The summed E-state index contributed by atoms with van der Waals surface area (Å²) in [5, 5.41) is 21.3. The third-order valence-corrected chi connectivity index (χ3v) is 11.8. The maximum Gasteiger partial charge on any atom is 0.435 e. The maximum atomic E-state index is 14.2. The van der Waals surface area contributed by atoms with Crippen LogP contribution in [-0.2, 0) is 22.8 Å². The highest BCUT2D eigenvalue weighted by molar-refractivity contribution is 6.34. The number of carboxylic acids is 1. The molecule has 4 aromatic rings. The maximum absolute atomic E-state index is 14.2. The molecule has 0 radical (unpaired) electrons. The van der Waals surface area contributed by atoms with Gasteiger partial charge in [0.05, 0.1) is 65.5 Å². The average Bonchev–Trinajstić information content (AvgIpc) is 3.80. The predicted octanol–water partition coefficient (Wildman–Crippen LogP) is 2.14. The van der Waals surface area contributed by atoms with Crippen molar-refractivity contribution in [2.24, 2.45) is 18.9 Å². The molecule has 1 aromatic carbocycles. The number of anilines is 2. The van der Waals surface area contributed by atoms with Gasteiger partial charge in [-0.05, 0) is 30.3 Å². The van der Waals surface area contributed by atoms with Gasteiger partial charge in [-0.1, -0.05) is 11.6 Å². The van der Waals surface area contributed by atoms with Crippen molar-refractivity contribution in [3.63, 3.8) is 0 Å². The smallest absolute Gasteiger partial charge is 0.435 e. The van der Waals surface area contributed by atoms with E-state index in [9.17, 15) is 37.5 Å². The summed E-state index contributed by atoms with van der Waals surface area (Å²) in [6, 6.07) is 7.61. The highest BCUT2D eigenvalue weighted by Gasteiger charge is 2.42. The van der Waals surface area contributed by atoms with Crippen LogP contribution in [0.2, 0.25) is 5.02 Å². The normalized spacial score (nSPS) is 19.9. The number of aliphatic carboxylic acids is 1. The number of carboxylic acid groups (broad SMARTS) is 1. The molecule has 3 saturated heterocycles. The summed E-state index contributed by atoms with van der Waals surface area (Å²) < 4.78 is 45.3. The van der Waals surface area contributed by atoms with Gasteiger partial charge in [0.1, 0.15) is 6.54 Å². The molecule has 3 aliphatic heterocycles. The summed E-state index contributed by atoms with van der Waals surface area (Å²) in [4.78, 5) is 65.5. The van der Waals surface area contributed by atoms with E-state index in [0.717, 1.165) is 36.2 Å². The molecule has 6 heterocycles. The first-order valence-electron chi connectivity index (χ1n) is 19.3. The van der Waals surface area contributed by atoms with Crippen LogP contribution in [0.4, 0.5) is 24.5 Å². The summed E-state index contributed by atoms with van der Waals surface area (Å²) in [6.45, 7) is 4.96. The molecule has 59 heavy (non-hydrogen) atoms. The molecule has 0 unspecified atom stereocenters. The number of amides is 3. The number of alkyl halides is 3. The van der Waals surface area contributed by atoms with Crippen molar-refractivity contribution in [2.45, 2.75) is 19.0 Å². The third kappa shape index (κ3) is 8.91. The molecule has 0 spiro atoms. The fourth-order valence-corrected chi connectivity index (χ4v) is 8.38. The van der Waals surface area contributed by atoms with Crippen molar-refractivity contribution in [1.82, 2.24) is 39.4 Å². The molecule has 0 saturated carbocycles. The minimum Gasteiger partial charge on any atom is -0.544 e. The lowest BCUT2D eigenvalue weighted by Gasteiger charge is -2.47. The van der Waals surface area contributed by atoms with Gasteiger partial charge in [0.25, 0.3) is 11.8 Å². The van der Waals surface area contributed by atoms with Gasteiger partial charge >= 0.3 is 6.18 Å². The monoisotopic (exact) mass is 839 g/mol. The zero-order valence-corrected chi connectivity index (χ0v) is 33.6. The zero-order valence-electron chi connectivity index (χ0n) is 32.8. The Bertz CT molecular complexity index is 2220. The van der Waals surface area contributed by atoms with Gasteiger partial charge in [-0.3, -0.25) is 14.4 Å². The largest absolute Gasteiger partial charge is 0.544 e. The van der Waals surface area contributed by atoms with Crippen molar-refractivity contribution in [3.05, 3.63) is 71.0 Å². The predicted molar refractivity (Wildman–Crippen MR) is 209 cm³/mol. The van der Waals surface area contributed by atoms with Crippen LogP contribution in [0, 0.1) is 11.8 Å². The van der Waals surface area contributed by atoms with Gasteiger partial charge in [0.15, 0.2) is 17.3 Å². The van der Waals surface area contributed by atoms with Crippen molar-refractivity contribution in [3.8, 4) is 17.1 Å². The Labute approximate surface area is 343 Å². The summed E-state index contributed by atoms with van der Waals surface area (Å²) in [5.41, 5.74) is -0.311. The quantitative estimate of drug-likeness (QED) is 0.213. The van der Waals surface area contributed by atoms with Crippen LogP contribution in [0.3, 0.4) is 0 Å². The van der Waals surface area contributed by atoms with E-state index < -0.39 is 23.7 Å². The number of nitrogens with zero attached hydrogens (tertiary/aromatic N) is 9. The van der Waals surface area contributed by atoms with Gasteiger partial charge in [0.2, 0.25) is 5.91 Å². The first kappa shape index (κ1) is 41.6. The topological polar surface area (TPSA) is 174 Å². The number of likely N-dealkylation sites (tertiary alicyclic amines) is 1. The molecule has 3 aromatic heterocycles. The van der Waals surface area contributed by atoms with Crippen LogP contribution < -0.4 is 20.6 Å². The van der Waals surface area contributed by atoms with E-state index in [2.05, 4.69) is 25.7 Å². The number of quaternary nitrogens is 1. The molecule has 3 fully saturated rings. The first-order chi connectivity index (χ1) is 28.0. The number of piperidine rings is 1. The summed E-state index contributed by atoms with van der Waals surface area (Å²) in [6.07, 6.45) is 0.229. The number of aromatic nitrogens is 5. The van der Waals surface area contributed by atoms with Crippen LogP contribution in [0.25, 0.3) is 17.1 Å². The van der Waals surface area contributed by atoms with E-state index in [1.54, 1.807) is 26.8 Å². The number of benzene rings is 1. The van der Waals surface area contributed by atoms with Crippen LogP contribution in [0.15, 0.2) is 48.9 Å². The molecule has 3 aliphatic rings. The van der Waals surface area contributed by atoms with Crippen LogP contribution >= 0.6 is 11.6 Å². The number of piperazine rings is 1. The van der Waals surface area contributed by atoms with E-state index in [-0.39, 0.29) is 63.5 Å². The van der Waals surface area contributed by atoms with Crippen LogP contribution in [0.1, 0.15) is 39.5 Å². The number of carbonyl (C=O) groups excluding carboxylic acids is 4. The Morgan fingerprint density at radius 3 is 2.27 bits per heavy atom. The lowest BCUT2D eigenvalue weighted by atomic mass is 9.90. The molecule has 0 bridgehead atoms. The Balaban J connectivity index is 0.958. The van der Waals surface area contributed by atoms with Gasteiger partial charge in [-0.25, -0.2) is 14.6 Å². The van der Waals surface area contributed by atoms with Crippen molar-refractivity contribution >= 4 is 46.7 Å². The van der Waals surface area contributed by atoms with Gasteiger partial charge in [-0.2, -0.15) is 18.3 Å². The minimum atomic E-state index is -4.82. The van der Waals surface area contributed by atoms with E-state index in [1.165, 1.54) is 42.2 Å². The third-order valence-electron chi connectivity index (χ3n) is 11.5. The Hall–Kier alpha value is -5.53. The lowest BCUT2D eigenvalue weighted by molar-refractivity contribution is -0.931. The van der Waals surface area contributed by atoms with Gasteiger partial charge in [-0.15, -0.1) is 0 Å². The average molecular weight is 840 g/mol. The molecule has 0 atom stereocenters. The fourth-order valence-electron chi connectivity index (χ4n) is 8.12. The molecule has 20 heteroatoms. The number of nitrogens with one attached hydrogen (secondary N) is 2. The number of halogens is 4. The van der Waals surface area contributed by atoms with Crippen molar-refractivity contribution in [1.29, 1.82) is 0 Å². The van der Waals surface area contributed by atoms with E-state index in [0.29, 0.717) is 62.5 Å². The highest BCUT2D eigenvalue weighted by Crippen LogP contribution is 2.37. The number of hydrogen-bond donors (Lipinski definition) is 2. The molecule has 16 nitrogen and oxygen atoms in total. The van der Waals surface area contributed by atoms with Crippen molar-refractivity contribution < 1.29 is 41.9 Å². The standard InChI is InChI=1S/C39H45ClF3N11O5/c1-49(2)27-5-7-32(45-19-27)53-21-29(34(48-53)39(41,42)43)31-20-46-35(50(31)3)36(57)47-26-4-6-28(30(40)16-26)38(59)52-12-10-51(11-13-52)37(58)25-8-14-54(15-9-25,23-33(55)56)22-24-17-44-18-24/h4-7,16,19-21,24-25,44H,8-15,17-18,22-23H2,1-3H3,(H-,47,55,56,57,59). The molecule has 7 rings (SSSR count). The Morgan fingerprint density at radius 2 is 1.69 bits per heavy atom. The second kappa shape index (κ2) is 16.6. The summed E-state index contributed by atoms with van der Waals surface area (Å²) >= 11 is 6.55. The van der Waals surface area contributed by atoms with Crippen molar-refractivity contribution in [2.75, 3.05) is 89.8 Å². The highest BCUT2D eigenvalue weighted by atomic mass is 35.5. The molecule has 2 N–H and O–H groups in total. The number of carbonyl (C=O) groups is 4. The number of pyridine rings is 1. The molecular weight excluding hydrogens is 795 g/mol. The summed E-state index contributed by atoms with van der Waals surface area (Å²) in [7, 11) is 5.03. The number of hydrogen-bond acceptors (Lipinski definition) is 10. The molecule has 0 aliphatic carbocycles. The zero-order chi connectivity index (χ0) is 42.2. The second-order valence-corrected chi connectivity index (χ2v) is 16.1. The molecule has 314 valence electrons. The second-order valence-electron chi connectivity index (χ2n) is 15.7. The van der Waals surface area contributed by atoms with Crippen LogP contribution in [0.5, 0.6) is 0 Å². The van der Waals surface area contributed by atoms with E-state index >= 15 is 0 Å². The first-order valence-corrected chi connectivity index (χ1v) is 19.7. The minimum absolute atomic E-state index is 0.00916. The van der Waals surface area contributed by atoms with Crippen LogP contribution in [-0.4, -0.2) is 142 Å². The summed E-state index contributed by atoms with van der Waals surface area (Å²) in [5.74, 6) is -1.92. The Kier molecular flexibility index (Phi) is 11.7.